The van der Waals surface area contributed by atoms with Crippen molar-refractivity contribution >= 4 is 17.0 Å². The zero-order valence-corrected chi connectivity index (χ0v) is 16.0. The van der Waals surface area contributed by atoms with E-state index in [2.05, 4.69) is 9.97 Å². The first-order chi connectivity index (χ1) is 14.6. The zero-order chi connectivity index (χ0) is 20.9. The first kappa shape index (κ1) is 19.3. The molecule has 0 radical (unpaired) electrons. The lowest BCUT2D eigenvalue weighted by Crippen LogP contribution is -2.42. The molecule has 3 aromatic heterocycles. The fourth-order valence-electron chi connectivity index (χ4n) is 3.10. The van der Waals surface area contributed by atoms with Gasteiger partial charge in [0.2, 0.25) is 0 Å². The Balaban J connectivity index is 1.69. The number of aromatic nitrogens is 4. The largest absolute Gasteiger partial charge is 0.459 e. The Morgan fingerprint density at radius 3 is 2.40 bits per heavy atom. The molecule has 4 rings (SSSR count). The van der Waals surface area contributed by atoms with Gasteiger partial charge in [0.15, 0.2) is 5.52 Å². The van der Waals surface area contributed by atoms with E-state index in [9.17, 15) is 14.4 Å². The Kier molecular flexibility index (Phi) is 5.47. The number of ether oxygens (including phenoxy) is 1. The van der Waals surface area contributed by atoms with Crippen LogP contribution in [0, 0.1) is 0 Å². The second-order valence-electron chi connectivity index (χ2n) is 6.60. The molecule has 0 aliphatic carbocycles. The Morgan fingerprint density at radius 2 is 1.63 bits per heavy atom. The molecule has 8 heteroatoms. The van der Waals surface area contributed by atoms with Crippen molar-refractivity contribution in [2.45, 2.75) is 19.7 Å². The molecule has 4 aromatic rings. The number of carbonyl (C=O) groups is 1. The molecule has 0 aliphatic heterocycles. The summed E-state index contributed by atoms with van der Waals surface area (Å²) < 4.78 is 7.54. The predicted octanol–water partition coefficient (Wildman–Crippen LogP) is 1.74. The molecule has 0 spiro atoms. The maximum atomic E-state index is 13.1. The van der Waals surface area contributed by atoms with Gasteiger partial charge in [0, 0.05) is 12.4 Å². The topological polar surface area (TPSA) is 96.1 Å². The van der Waals surface area contributed by atoms with E-state index in [1.807, 2.05) is 30.3 Å². The van der Waals surface area contributed by atoms with E-state index in [1.165, 1.54) is 10.8 Å². The number of rotatable bonds is 6. The molecule has 0 aliphatic rings. The molecule has 0 fully saturated rings. The van der Waals surface area contributed by atoms with Gasteiger partial charge in [-0.2, -0.15) is 0 Å². The van der Waals surface area contributed by atoms with Crippen molar-refractivity contribution in [1.82, 2.24) is 19.1 Å². The van der Waals surface area contributed by atoms with Crippen LogP contribution in [-0.4, -0.2) is 25.1 Å². The van der Waals surface area contributed by atoms with Crippen molar-refractivity contribution in [2.24, 2.45) is 0 Å². The van der Waals surface area contributed by atoms with Crippen LogP contribution in [0.1, 0.15) is 11.3 Å². The van der Waals surface area contributed by atoms with E-state index in [0.717, 1.165) is 10.1 Å². The number of nitrogens with zero attached hydrogens (tertiary/aromatic N) is 4. The first-order valence-electron chi connectivity index (χ1n) is 9.31. The molecule has 1 aromatic carbocycles. The fourth-order valence-corrected chi connectivity index (χ4v) is 3.10. The average molecular weight is 402 g/mol. The lowest BCUT2D eigenvalue weighted by Gasteiger charge is -2.13. The summed E-state index contributed by atoms with van der Waals surface area (Å²) in [5.41, 5.74) is 0.610. The van der Waals surface area contributed by atoms with Gasteiger partial charge in [-0.25, -0.2) is 9.78 Å². The fraction of sp³-hybridized carbons (Fsp3) is 0.136. The zero-order valence-electron chi connectivity index (χ0n) is 16.0. The third kappa shape index (κ3) is 4.02. The van der Waals surface area contributed by atoms with Gasteiger partial charge >= 0.3 is 11.7 Å². The number of carbonyl (C=O) groups excluding carboxylic acids is 1. The summed E-state index contributed by atoms with van der Waals surface area (Å²) in [5, 5.41) is 0. The standard InChI is InChI=1S/C22H18N4O4/c27-19(30-15-16-7-2-1-3-8-16)14-25-18-10-6-12-24-20(18)21(28)26(22(25)29)13-17-9-4-5-11-23-17/h1-12H,13-15H2. The normalized spacial score (nSPS) is 10.8. The third-order valence-electron chi connectivity index (χ3n) is 4.56. The van der Waals surface area contributed by atoms with Crippen LogP contribution in [0.4, 0.5) is 0 Å². The summed E-state index contributed by atoms with van der Waals surface area (Å²) in [6.45, 7) is -0.265. The van der Waals surface area contributed by atoms with Crippen LogP contribution in [0.2, 0.25) is 0 Å². The van der Waals surface area contributed by atoms with E-state index in [1.54, 1.807) is 36.5 Å². The van der Waals surface area contributed by atoms with Crippen LogP contribution in [-0.2, 0) is 29.2 Å². The summed E-state index contributed by atoms with van der Waals surface area (Å²) in [7, 11) is 0. The van der Waals surface area contributed by atoms with E-state index < -0.39 is 17.2 Å². The van der Waals surface area contributed by atoms with Gasteiger partial charge in [-0.3, -0.25) is 23.7 Å². The number of benzene rings is 1. The Hall–Kier alpha value is -4.07. The summed E-state index contributed by atoms with van der Waals surface area (Å²) in [5.74, 6) is -0.589. The van der Waals surface area contributed by atoms with Gasteiger partial charge in [0.1, 0.15) is 13.2 Å². The monoisotopic (exact) mass is 402 g/mol. The highest BCUT2D eigenvalue weighted by molar-refractivity contribution is 5.76. The SMILES string of the molecule is O=C(Cn1c(=O)n(Cc2ccccn2)c(=O)c2ncccc21)OCc1ccccc1. The number of hydrogen-bond acceptors (Lipinski definition) is 6. The number of pyridine rings is 2. The third-order valence-corrected chi connectivity index (χ3v) is 4.56. The van der Waals surface area contributed by atoms with Crippen LogP contribution in [0.15, 0.2) is 82.6 Å². The summed E-state index contributed by atoms with van der Waals surface area (Å²) >= 11 is 0. The van der Waals surface area contributed by atoms with Crippen molar-refractivity contribution in [1.29, 1.82) is 0 Å². The molecule has 0 unspecified atom stereocenters. The number of hydrogen-bond donors (Lipinski definition) is 0. The molecular weight excluding hydrogens is 384 g/mol. The highest BCUT2D eigenvalue weighted by Gasteiger charge is 2.17. The van der Waals surface area contributed by atoms with Gasteiger partial charge in [0.25, 0.3) is 5.56 Å². The van der Waals surface area contributed by atoms with Gasteiger partial charge < -0.3 is 4.74 Å². The van der Waals surface area contributed by atoms with E-state index in [0.29, 0.717) is 5.69 Å². The van der Waals surface area contributed by atoms with Crippen LogP contribution in [0.25, 0.3) is 11.0 Å². The second-order valence-corrected chi connectivity index (χ2v) is 6.60. The number of esters is 1. The average Bonchev–Trinajstić information content (AvgIpc) is 2.79. The molecule has 0 atom stereocenters. The van der Waals surface area contributed by atoms with Crippen molar-refractivity contribution in [3.05, 3.63) is 105 Å². The molecular formula is C22H18N4O4. The van der Waals surface area contributed by atoms with Crippen molar-refractivity contribution in [3.8, 4) is 0 Å². The van der Waals surface area contributed by atoms with Crippen LogP contribution in [0.5, 0.6) is 0 Å². The molecule has 0 saturated heterocycles. The van der Waals surface area contributed by atoms with Crippen molar-refractivity contribution in [3.63, 3.8) is 0 Å². The second kappa shape index (κ2) is 8.52. The summed E-state index contributed by atoms with van der Waals surface area (Å²) in [6, 6.07) is 17.7. The molecule has 0 saturated carbocycles. The lowest BCUT2D eigenvalue weighted by molar-refractivity contribution is -0.145. The van der Waals surface area contributed by atoms with Crippen LogP contribution < -0.4 is 11.2 Å². The first-order valence-corrected chi connectivity index (χ1v) is 9.31. The minimum atomic E-state index is -0.622. The maximum Gasteiger partial charge on any atom is 0.332 e. The number of fused-ring (bicyclic) bond motifs is 1. The van der Waals surface area contributed by atoms with E-state index in [-0.39, 0.29) is 30.7 Å². The summed E-state index contributed by atoms with van der Waals surface area (Å²) in [4.78, 5) is 46.7. The lowest BCUT2D eigenvalue weighted by atomic mass is 10.2. The maximum absolute atomic E-state index is 13.1. The Bertz CT molecular complexity index is 1300. The predicted molar refractivity (Wildman–Crippen MR) is 110 cm³/mol. The molecule has 30 heavy (non-hydrogen) atoms. The smallest absolute Gasteiger partial charge is 0.332 e. The van der Waals surface area contributed by atoms with Crippen molar-refractivity contribution < 1.29 is 9.53 Å². The van der Waals surface area contributed by atoms with Gasteiger partial charge in [-0.15, -0.1) is 0 Å². The molecule has 0 amide bonds. The molecule has 150 valence electrons. The minimum Gasteiger partial charge on any atom is -0.459 e. The van der Waals surface area contributed by atoms with Crippen LogP contribution in [0.3, 0.4) is 0 Å². The molecule has 3 heterocycles. The van der Waals surface area contributed by atoms with Gasteiger partial charge in [-0.1, -0.05) is 36.4 Å². The highest BCUT2D eigenvalue weighted by Crippen LogP contribution is 2.07. The highest BCUT2D eigenvalue weighted by atomic mass is 16.5. The van der Waals surface area contributed by atoms with Crippen molar-refractivity contribution in [2.75, 3.05) is 0 Å². The summed E-state index contributed by atoms with van der Waals surface area (Å²) in [6.07, 6.45) is 3.05. The Morgan fingerprint density at radius 1 is 0.867 bits per heavy atom. The minimum absolute atomic E-state index is 0.0237. The van der Waals surface area contributed by atoms with Gasteiger partial charge in [0.05, 0.1) is 17.8 Å². The van der Waals surface area contributed by atoms with Crippen LogP contribution >= 0.6 is 0 Å². The van der Waals surface area contributed by atoms with Gasteiger partial charge in [-0.05, 0) is 29.8 Å². The van der Waals surface area contributed by atoms with E-state index >= 15 is 0 Å². The Labute approximate surface area is 171 Å². The quantitative estimate of drug-likeness (QED) is 0.456. The van der Waals surface area contributed by atoms with E-state index in [4.69, 9.17) is 4.74 Å². The molecule has 0 N–H and O–H groups in total. The molecule has 8 nitrogen and oxygen atoms in total. The molecule has 0 bridgehead atoms.